The van der Waals surface area contributed by atoms with Gasteiger partial charge < -0.3 is 4.57 Å². The molecule has 0 unspecified atom stereocenters. The van der Waals surface area contributed by atoms with Gasteiger partial charge in [0.1, 0.15) is 5.69 Å². The molecular weight excluding hydrogens is 358 g/mol. The molecule has 0 bridgehead atoms. The topological polar surface area (TPSA) is 89.8 Å². The highest BCUT2D eigenvalue weighted by atomic mass is 32.2. The smallest absolute Gasteiger partial charge is 0.272 e. The van der Waals surface area contributed by atoms with E-state index in [0.29, 0.717) is 34.0 Å². The van der Waals surface area contributed by atoms with E-state index in [9.17, 15) is 9.59 Å². The Morgan fingerprint density at radius 1 is 1.32 bits per heavy atom. The second-order valence-corrected chi connectivity index (χ2v) is 7.70. The van der Waals surface area contributed by atoms with E-state index in [1.54, 1.807) is 41.5 Å². The van der Waals surface area contributed by atoms with Crippen LogP contribution < -0.4 is 10.9 Å². The molecule has 0 saturated carbocycles. The molecule has 0 aliphatic rings. The number of nitrogens with one attached hydrogen (secondary N) is 1. The van der Waals surface area contributed by atoms with E-state index in [1.807, 2.05) is 13.8 Å². The molecule has 3 aromatic rings. The summed E-state index contributed by atoms with van der Waals surface area (Å²) in [5, 5.41) is 11.2. The summed E-state index contributed by atoms with van der Waals surface area (Å²) in [6.45, 7) is 6.16. The number of anilines is 1. The summed E-state index contributed by atoms with van der Waals surface area (Å²) in [4.78, 5) is 28.9. The van der Waals surface area contributed by atoms with Crippen LogP contribution in [0, 0.1) is 6.92 Å². The van der Waals surface area contributed by atoms with Gasteiger partial charge >= 0.3 is 0 Å². The Morgan fingerprint density at radius 2 is 2.12 bits per heavy atom. The van der Waals surface area contributed by atoms with Gasteiger partial charge in [-0.1, -0.05) is 30.0 Å². The van der Waals surface area contributed by atoms with Crippen LogP contribution in [0.3, 0.4) is 0 Å². The lowest BCUT2D eigenvalue weighted by atomic mass is 10.1. The number of nitrogens with zero attached hydrogens (tertiary/aromatic N) is 4. The summed E-state index contributed by atoms with van der Waals surface area (Å²) in [5.74, 6) is 0.622. The molecule has 0 atom stereocenters. The molecule has 1 N–H and O–H groups in total. The molecular formula is C16H17N5O2S2. The molecule has 0 aliphatic carbocycles. The molecule has 0 radical (unpaired) electrons. The molecule has 2 aromatic heterocycles. The Labute approximate surface area is 152 Å². The Bertz CT molecular complexity index is 996. The van der Waals surface area contributed by atoms with E-state index >= 15 is 0 Å². The molecule has 2 heterocycles. The molecule has 1 aromatic carbocycles. The SMILES string of the molecule is CCSc1nnc(NC(=O)c2ccc3c(c2)nc(C)c(=O)n3CC)s1. The number of aromatic nitrogens is 4. The third kappa shape index (κ3) is 3.57. The van der Waals surface area contributed by atoms with Gasteiger partial charge in [-0.05, 0) is 37.8 Å². The summed E-state index contributed by atoms with van der Waals surface area (Å²) < 4.78 is 2.47. The molecule has 3 rings (SSSR count). The maximum atomic E-state index is 12.5. The monoisotopic (exact) mass is 375 g/mol. The lowest BCUT2D eigenvalue weighted by molar-refractivity contribution is 0.102. The maximum absolute atomic E-state index is 12.5. The van der Waals surface area contributed by atoms with Crippen molar-refractivity contribution in [1.82, 2.24) is 19.7 Å². The summed E-state index contributed by atoms with van der Waals surface area (Å²) in [6, 6.07) is 5.12. The zero-order valence-electron chi connectivity index (χ0n) is 14.1. The average molecular weight is 375 g/mol. The number of amides is 1. The fourth-order valence-corrected chi connectivity index (χ4v) is 4.09. The summed E-state index contributed by atoms with van der Waals surface area (Å²) in [6.07, 6.45) is 0. The van der Waals surface area contributed by atoms with Crippen LogP contribution in [0.1, 0.15) is 29.9 Å². The number of carbonyl (C=O) groups is 1. The summed E-state index contributed by atoms with van der Waals surface area (Å²) >= 11 is 2.92. The van der Waals surface area contributed by atoms with Crippen LogP contribution in [0.4, 0.5) is 5.13 Å². The molecule has 1 amide bonds. The number of fused-ring (bicyclic) bond motifs is 1. The van der Waals surface area contributed by atoms with E-state index in [-0.39, 0.29) is 11.5 Å². The van der Waals surface area contributed by atoms with Gasteiger partial charge in [0, 0.05) is 12.1 Å². The first kappa shape index (κ1) is 17.6. The standard InChI is InChI=1S/C16H17N5O2S2/c1-4-21-12-7-6-10(8-11(12)17-9(3)14(21)23)13(22)18-15-19-20-16(25-15)24-5-2/h6-8H,4-5H2,1-3H3,(H,18,19,22). The van der Waals surface area contributed by atoms with Crippen LogP contribution in [0.5, 0.6) is 0 Å². The van der Waals surface area contributed by atoms with Gasteiger partial charge in [-0.3, -0.25) is 14.9 Å². The molecule has 130 valence electrons. The minimum absolute atomic E-state index is 0.109. The van der Waals surface area contributed by atoms with Crippen molar-refractivity contribution in [2.24, 2.45) is 0 Å². The zero-order valence-corrected chi connectivity index (χ0v) is 15.7. The Morgan fingerprint density at radius 3 is 2.84 bits per heavy atom. The van der Waals surface area contributed by atoms with Crippen molar-refractivity contribution in [2.75, 3.05) is 11.1 Å². The van der Waals surface area contributed by atoms with E-state index < -0.39 is 0 Å². The van der Waals surface area contributed by atoms with E-state index in [0.717, 1.165) is 10.1 Å². The number of hydrogen-bond donors (Lipinski definition) is 1. The van der Waals surface area contributed by atoms with Crippen molar-refractivity contribution >= 4 is 45.2 Å². The van der Waals surface area contributed by atoms with Gasteiger partial charge in [0.2, 0.25) is 5.13 Å². The summed E-state index contributed by atoms with van der Waals surface area (Å²) in [5.41, 5.74) is 2.10. The number of aryl methyl sites for hydroxylation is 2. The Hall–Kier alpha value is -2.26. The Balaban J connectivity index is 1.91. The fourth-order valence-electron chi connectivity index (χ4n) is 2.44. The van der Waals surface area contributed by atoms with Crippen molar-refractivity contribution in [3.63, 3.8) is 0 Å². The third-order valence-electron chi connectivity index (χ3n) is 3.58. The van der Waals surface area contributed by atoms with Crippen LogP contribution in [0.2, 0.25) is 0 Å². The van der Waals surface area contributed by atoms with Crippen LogP contribution in [0.25, 0.3) is 11.0 Å². The molecule has 7 nitrogen and oxygen atoms in total. The highest BCUT2D eigenvalue weighted by molar-refractivity contribution is 8.01. The van der Waals surface area contributed by atoms with Gasteiger partial charge in [0.05, 0.1) is 11.0 Å². The second kappa shape index (κ2) is 7.32. The van der Waals surface area contributed by atoms with Crippen LogP contribution in [0.15, 0.2) is 27.3 Å². The highest BCUT2D eigenvalue weighted by Gasteiger charge is 2.13. The lowest BCUT2D eigenvalue weighted by Gasteiger charge is -2.09. The number of benzene rings is 1. The van der Waals surface area contributed by atoms with Gasteiger partial charge in [-0.15, -0.1) is 10.2 Å². The van der Waals surface area contributed by atoms with Gasteiger partial charge in [-0.2, -0.15) is 0 Å². The summed E-state index contributed by atoms with van der Waals surface area (Å²) in [7, 11) is 0. The van der Waals surface area contributed by atoms with Crippen molar-refractivity contribution in [3.05, 3.63) is 39.8 Å². The Kier molecular flexibility index (Phi) is 5.14. The molecule has 0 fully saturated rings. The third-order valence-corrected chi connectivity index (χ3v) is 5.44. The minimum atomic E-state index is -0.278. The van der Waals surface area contributed by atoms with E-state index in [4.69, 9.17) is 0 Å². The molecule has 0 spiro atoms. The van der Waals surface area contributed by atoms with Crippen molar-refractivity contribution in [1.29, 1.82) is 0 Å². The number of carbonyl (C=O) groups excluding carboxylic acids is 1. The molecule has 25 heavy (non-hydrogen) atoms. The number of hydrogen-bond acceptors (Lipinski definition) is 7. The normalized spacial score (nSPS) is 11.0. The van der Waals surface area contributed by atoms with Gasteiger partial charge in [0.15, 0.2) is 4.34 Å². The second-order valence-electron chi connectivity index (χ2n) is 5.21. The van der Waals surface area contributed by atoms with E-state index in [1.165, 1.54) is 11.3 Å². The van der Waals surface area contributed by atoms with Crippen molar-refractivity contribution < 1.29 is 4.79 Å². The van der Waals surface area contributed by atoms with Crippen molar-refractivity contribution in [3.8, 4) is 0 Å². The molecule has 0 aliphatic heterocycles. The van der Waals surface area contributed by atoms with Crippen molar-refractivity contribution in [2.45, 2.75) is 31.7 Å². The van der Waals surface area contributed by atoms with Gasteiger partial charge in [-0.25, -0.2) is 4.98 Å². The average Bonchev–Trinajstić information content (AvgIpc) is 3.03. The maximum Gasteiger partial charge on any atom is 0.272 e. The highest BCUT2D eigenvalue weighted by Crippen LogP contribution is 2.25. The first-order chi connectivity index (χ1) is 12.0. The minimum Gasteiger partial charge on any atom is -0.305 e. The predicted molar refractivity (Wildman–Crippen MR) is 101 cm³/mol. The van der Waals surface area contributed by atoms with Crippen LogP contribution in [-0.2, 0) is 6.54 Å². The zero-order chi connectivity index (χ0) is 18.0. The molecule has 9 heteroatoms. The first-order valence-corrected chi connectivity index (χ1v) is 9.62. The fraction of sp³-hybridized carbons (Fsp3) is 0.312. The van der Waals surface area contributed by atoms with E-state index in [2.05, 4.69) is 20.5 Å². The lowest BCUT2D eigenvalue weighted by Crippen LogP contribution is -2.23. The predicted octanol–water partition coefficient (Wildman–Crippen LogP) is 2.94. The molecule has 0 saturated heterocycles. The van der Waals surface area contributed by atoms with Gasteiger partial charge in [0.25, 0.3) is 11.5 Å². The first-order valence-electron chi connectivity index (χ1n) is 7.82. The largest absolute Gasteiger partial charge is 0.305 e. The quantitative estimate of drug-likeness (QED) is 0.545. The number of thioether (sulfide) groups is 1. The number of rotatable bonds is 5. The van der Waals surface area contributed by atoms with Crippen LogP contribution in [-0.4, -0.2) is 31.4 Å². The van der Waals surface area contributed by atoms with Crippen LogP contribution >= 0.6 is 23.1 Å².